The monoisotopic (exact) mass is 186 g/mol. The van der Waals surface area contributed by atoms with Crippen LogP contribution < -0.4 is 0 Å². The second kappa shape index (κ2) is 7.86. The van der Waals surface area contributed by atoms with E-state index in [9.17, 15) is 0 Å². The molecule has 13 heavy (non-hydrogen) atoms. The summed E-state index contributed by atoms with van der Waals surface area (Å²) in [7, 11) is 3.74. The Bertz CT molecular complexity index is 168. The van der Waals surface area contributed by atoms with Crippen molar-refractivity contribution >= 4 is 0 Å². The summed E-state index contributed by atoms with van der Waals surface area (Å²) in [5.41, 5.74) is 8.05. The predicted molar refractivity (Wildman–Crippen MR) is 52.6 cm³/mol. The summed E-state index contributed by atoms with van der Waals surface area (Å²) in [4.78, 5) is 4.89. The summed E-state index contributed by atoms with van der Waals surface area (Å²) < 4.78 is 5.03. The summed E-state index contributed by atoms with van der Waals surface area (Å²) >= 11 is 0. The molecule has 76 valence electrons. The molecule has 0 fully saturated rings. The van der Waals surface area contributed by atoms with E-state index in [2.05, 4.69) is 21.8 Å². The highest BCUT2D eigenvalue weighted by molar-refractivity contribution is 4.62. The minimum Gasteiger partial charge on any atom is -0.383 e. The number of azide groups is 1. The first-order chi connectivity index (χ1) is 6.22. The lowest BCUT2D eigenvalue weighted by molar-refractivity contribution is 0.115. The number of ether oxygens (including phenoxy) is 1. The van der Waals surface area contributed by atoms with Gasteiger partial charge in [0.15, 0.2) is 0 Å². The van der Waals surface area contributed by atoms with E-state index in [4.69, 9.17) is 10.3 Å². The van der Waals surface area contributed by atoms with Crippen LogP contribution in [0.1, 0.15) is 13.3 Å². The van der Waals surface area contributed by atoms with E-state index in [1.165, 1.54) is 0 Å². The molecule has 0 aliphatic heterocycles. The summed E-state index contributed by atoms with van der Waals surface area (Å²) in [6.45, 7) is 4.35. The van der Waals surface area contributed by atoms with Crippen molar-refractivity contribution in [3.63, 3.8) is 0 Å². The molecule has 1 atom stereocenters. The van der Waals surface area contributed by atoms with Crippen LogP contribution in [0.15, 0.2) is 5.11 Å². The summed E-state index contributed by atoms with van der Waals surface area (Å²) in [6.07, 6.45) is 0.897. The van der Waals surface area contributed by atoms with Crippen molar-refractivity contribution in [1.82, 2.24) is 4.90 Å². The van der Waals surface area contributed by atoms with Crippen molar-refractivity contribution in [2.75, 3.05) is 33.9 Å². The molecule has 5 heteroatoms. The van der Waals surface area contributed by atoms with Crippen molar-refractivity contribution in [1.29, 1.82) is 0 Å². The van der Waals surface area contributed by atoms with Crippen molar-refractivity contribution in [3.05, 3.63) is 10.4 Å². The second-order valence-electron chi connectivity index (χ2n) is 3.09. The molecule has 0 saturated heterocycles. The van der Waals surface area contributed by atoms with Gasteiger partial charge >= 0.3 is 0 Å². The van der Waals surface area contributed by atoms with Crippen molar-refractivity contribution < 1.29 is 4.74 Å². The first-order valence-corrected chi connectivity index (χ1v) is 4.42. The maximum absolute atomic E-state index is 8.05. The van der Waals surface area contributed by atoms with Crippen LogP contribution in [0.2, 0.25) is 0 Å². The van der Waals surface area contributed by atoms with Crippen molar-refractivity contribution in [2.45, 2.75) is 19.4 Å². The molecular formula is C8H18N4O. The van der Waals surface area contributed by atoms with Crippen LogP contribution in [0.25, 0.3) is 10.4 Å². The number of rotatable bonds is 7. The average Bonchev–Trinajstić information content (AvgIpc) is 2.12. The van der Waals surface area contributed by atoms with E-state index in [1.807, 2.05) is 7.05 Å². The fourth-order valence-electron chi connectivity index (χ4n) is 1.02. The van der Waals surface area contributed by atoms with E-state index in [-0.39, 0.29) is 0 Å². The fraction of sp³-hybridized carbons (Fsp3) is 1.00. The molecule has 0 saturated carbocycles. The van der Waals surface area contributed by atoms with Gasteiger partial charge in [-0.25, -0.2) is 0 Å². The predicted octanol–water partition coefficient (Wildman–Crippen LogP) is 1.65. The number of likely N-dealkylation sites (N-methyl/N-ethyl adjacent to an activating group) is 1. The lowest BCUT2D eigenvalue weighted by Crippen LogP contribution is -2.33. The lowest BCUT2D eigenvalue weighted by atomic mass is 10.3. The van der Waals surface area contributed by atoms with E-state index < -0.39 is 0 Å². The molecule has 5 nitrogen and oxygen atoms in total. The third-order valence-electron chi connectivity index (χ3n) is 1.99. The molecule has 0 aliphatic carbocycles. The smallest absolute Gasteiger partial charge is 0.0615 e. The zero-order valence-corrected chi connectivity index (χ0v) is 8.60. The zero-order chi connectivity index (χ0) is 10.1. The molecule has 0 heterocycles. The highest BCUT2D eigenvalue weighted by atomic mass is 16.5. The van der Waals surface area contributed by atoms with Gasteiger partial charge in [-0.15, -0.1) is 0 Å². The van der Waals surface area contributed by atoms with Gasteiger partial charge < -0.3 is 9.64 Å². The van der Waals surface area contributed by atoms with Gasteiger partial charge in [0.1, 0.15) is 0 Å². The van der Waals surface area contributed by atoms with Crippen LogP contribution in [-0.4, -0.2) is 44.8 Å². The topological polar surface area (TPSA) is 61.2 Å². The Morgan fingerprint density at radius 1 is 1.62 bits per heavy atom. The summed E-state index contributed by atoms with van der Waals surface area (Å²) in [5.74, 6) is 0. The molecule has 0 spiro atoms. The lowest BCUT2D eigenvalue weighted by Gasteiger charge is -2.23. The highest BCUT2D eigenvalue weighted by Gasteiger charge is 2.06. The Balaban J connectivity index is 3.48. The van der Waals surface area contributed by atoms with Gasteiger partial charge in [0, 0.05) is 24.6 Å². The van der Waals surface area contributed by atoms with Crippen LogP contribution >= 0.6 is 0 Å². The molecule has 0 aromatic rings. The molecule has 0 rings (SSSR count). The number of hydrogen-bond acceptors (Lipinski definition) is 3. The molecule has 0 aromatic carbocycles. The Labute approximate surface area is 79.3 Å². The van der Waals surface area contributed by atoms with Gasteiger partial charge in [-0.2, -0.15) is 0 Å². The van der Waals surface area contributed by atoms with Crippen molar-refractivity contribution in [3.8, 4) is 0 Å². The summed E-state index contributed by atoms with van der Waals surface area (Å²) in [6, 6.07) is 0.413. The Kier molecular flexibility index (Phi) is 7.39. The first kappa shape index (κ1) is 12.2. The minimum absolute atomic E-state index is 0.413. The maximum Gasteiger partial charge on any atom is 0.0615 e. The molecule has 0 radical (unpaired) electrons. The van der Waals surface area contributed by atoms with E-state index >= 15 is 0 Å². The molecule has 0 N–H and O–H groups in total. The van der Waals surface area contributed by atoms with Crippen molar-refractivity contribution in [2.24, 2.45) is 5.11 Å². The second-order valence-corrected chi connectivity index (χ2v) is 3.09. The molecule has 1 unspecified atom stereocenters. The molecule has 0 amide bonds. The molecular weight excluding hydrogens is 168 g/mol. The average molecular weight is 186 g/mol. The minimum atomic E-state index is 0.413. The normalized spacial score (nSPS) is 12.6. The Morgan fingerprint density at radius 3 is 2.85 bits per heavy atom. The molecule has 0 aliphatic rings. The largest absolute Gasteiger partial charge is 0.383 e. The van der Waals surface area contributed by atoms with Crippen LogP contribution in [0, 0.1) is 0 Å². The van der Waals surface area contributed by atoms with Crippen LogP contribution in [0.4, 0.5) is 0 Å². The fourth-order valence-corrected chi connectivity index (χ4v) is 1.02. The zero-order valence-electron chi connectivity index (χ0n) is 8.60. The van der Waals surface area contributed by atoms with Gasteiger partial charge in [-0.05, 0) is 32.5 Å². The summed E-state index contributed by atoms with van der Waals surface area (Å²) in [5, 5.41) is 3.47. The third kappa shape index (κ3) is 6.40. The van der Waals surface area contributed by atoms with Crippen LogP contribution in [0.3, 0.4) is 0 Å². The Hall–Kier alpha value is -0.770. The van der Waals surface area contributed by atoms with E-state index in [0.29, 0.717) is 12.6 Å². The van der Waals surface area contributed by atoms with Gasteiger partial charge in [-0.1, -0.05) is 5.11 Å². The molecule has 0 bridgehead atoms. The number of hydrogen-bond donors (Lipinski definition) is 0. The quantitative estimate of drug-likeness (QED) is 0.263. The maximum atomic E-state index is 8.05. The number of methoxy groups -OCH3 is 1. The van der Waals surface area contributed by atoms with Gasteiger partial charge in [0.25, 0.3) is 0 Å². The molecule has 0 aromatic heterocycles. The van der Waals surface area contributed by atoms with E-state index in [1.54, 1.807) is 7.11 Å². The Morgan fingerprint density at radius 2 is 2.31 bits per heavy atom. The van der Waals surface area contributed by atoms with Gasteiger partial charge in [0.2, 0.25) is 0 Å². The van der Waals surface area contributed by atoms with Gasteiger partial charge in [-0.3, -0.25) is 0 Å². The van der Waals surface area contributed by atoms with E-state index in [0.717, 1.165) is 19.6 Å². The SMILES string of the molecule is COCC(C)N(C)CCCN=[N+]=[N-]. The standard InChI is InChI=1S/C8H18N4O/c1-8(7-13-3)12(2)6-4-5-10-11-9/h8H,4-7H2,1-3H3. The third-order valence-corrected chi connectivity index (χ3v) is 1.99. The first-order valence-electron chi connectivity index (χ1n) is 4.42. The van der Waals surface area contributed by atoms with Gasteiger partial charge in [0.05, 0.1) is 6.61 Å². The van der Waals surface area contributed by atoms with Crippen LogP contribution in [-0.2, 0) is 4.74 Å². The number of nitrogens with zero attached hydrogens (tertiary/aromatic N) is 4. The van der Waals surface area contributed by atoms with Crippen LogP contribution in [0.5, 0.6) is 0 Å². The highest BCUT2D eigenvalue weighted by Crippen LogP contribution is 1.97.